The van der Waals surface area contributed by atoms with Gasteiger partial charge in [-0.05, 0) is 44.6 Å². The molecule has 0 spiro atoms. The van der Waals surface area contributed by atoms with Crippen molar-refractivity contribution in [1.29, 1.82) is 0 Å². The van der Waals surface area contributed by atoms with Crippen LogP contribution in [0.15, 0.2) is 36.5 Å². The number of nitrogens with zero attached hydrogens (tertiary/aromatic N) is 4. The summed E-state index contributed by atoms with van der Waals surface area (Å²) in [5.41, 5.74) is -0.987. The Labute approximate surface area is 182 Å². The molecule has 3 aromatic rings. The SMILES string of the molecule is COc1ccccc1-c1cc(C(F)(F)F)n2ncc(C(=O)OCC3CCCN(C)C3)c2n1. The van der Waals surface area contributed by atoms with Gasteiger partial charge in [0.25, 0.3) is 0 Å². The fourth-order valence-electron chi connectivity index (χ4n) is 3.98. The first-order valence-electron chi connectivity index (χ1n) is 10.2. The molecule has 0 radical (unpaired) electrons. The van der Waals surface area contributed by atoms with Crippen LogP contribution < -0.4 is 4.74 Å². The van der Waals surface area contributed by atoms with Crippen molar-refractivity contribution in [3.63, 3.8) is 0 Å². The molecule has 1 unspecified atom stereocenters. The number of fused-ring (bicyclic) bond motifs is 1. The van der Waals surface area contributed by atoms with Gasteiger partial charge in [-0.25, -0.2) is 14.3 Å². The topological polar surface area (TPSA) is 69.0 Å². The number of aromatic nitrogens is 3. The number of esters is 1. The van der Waals surface area contributed by atoms with Crippen LogP contribution in [0.25, 0.3) is 16.9 Å². The lowest BCUT2D eigenvalue weighted by molar-refractivity contribution is -0.142. The highest BCUT2D eigenvalue weighted by Gasteiger charge is 2.36. The second kappa shape index (κ2) is 8.78. The largest absolute Gasteiger partial charge is 0.496 e. The molecule has 0 N–H and O–H groups in total. The van der Waals surface area contributed by atoms with Gasteiger partial charge in [0.15, 0.2) is 11.3 Å². The second-order valence-corrected chi connectivity index (χ2v) is 7.89. The number of likely N-dealkylation sites (tertiary alicyclic amines) is 1. The molecule has 0 aliphatic carbocycles. The van der Waals surface area contributed by atoms with E-state index in [1.54, 1.807) is 24.3 Å². The lowest BCUT2D eigenvalue weighted by Crippen LogP contribution is -2.34. The predicted molar refractivity (Wildman–Crippen MR) is 110 cm³/mol. The van der Waals surface area contributed by atoms with E-state index in [2.05, 4.69) is 15.0 Å². The summed E-state index contributed by atoms with van der Waals surface area (Å²) in [5, 5.41) is 3.78. The molecule has 0 bridgehead atoms. The van der Waals surface area contributed by atoms with Crippen LogP contribution in [0.2, 0.25) is 0 Å². The van der Waals surface area contributed by atoms with Gasteiger partial charge in [-0.1, -0.05) is 12.1 Å². The van der Waals surface area contributed by atoms with E-state index in [4.69, 9.17) is 9.47 Å². The quantitative estimate of drug-likeness (QED) is 0.551. The number of rotatable bonds is 5. The summed E-state index contributed by atoms with van der Waals surface area (Å²) in [6.45, 7) is 1.99. The molecule has 2 aromatic heterocycles. The molecule has 4 rings (SSSR count). The zero-order valence-corrected chi connectivity index (χ0v) is 17.7. The van der Waals surface area contributed by atoms with Crippen LogP contribution in [0.3, 0.4) is 0 Å². The molecule has 1 saturated heterocycles. The lowest BCUT2D eigenvalue weighted by atomic mass is 10.00. The van der Waals surface area contributed by atoms with Gasteiger partial charge >= 0.3 is 12.1 Å². The first-order chi connectivity index (χ1) is 15.3. The number of carbonyl (C=O) groups excluding carboxylic acids is 1. The van der Waals surface area contributed by atoms with Crippen LogP contribution in [-0.2, 0) is 10.9 Å². The number of methoxy groups -OCH3 is 1. The smallest absolute Gasteiger partial charge is 0.433 e. The molecular formula is C22H23F3N4O3. The van der Waals surface area contributed by atoms with Crippen LogP contribution in [-0.4, -0.2) is 59.3 Å². The highest BCUT2D eigenvalue weighted by atomic mass is 19.4. The Morgan fingerprint density at radius 3 is 2.78 bits per heavy atom. The number of halogens is 3. The maximum atomic E-state index is 13.8. The molecule has 0 amide bonds. The Balaban J connectivity index is 1.72. The zero-order chi connectivity index (χ0) is 22.9. The molecule has 1 aliphatic rings. The minimum absolute atomic E-state index is 0.0192. The molecule has 32 heavy (non-hydrogen) atoms. The number of carbonyl (C=O) groups is 1. The van der Waals surface area contributed by atoms with E-state index in [1.807, 2.05) is 7.05 Å². The second-order valence-electron chi connectivity index (χ2n) is 7.89. The normalized spacial score (nSPS) is 17.5. The van der Waals surface area contributed by atoms with E-state index in [1.165, 1.54) is 7.11 Å². The Hall–Kier alpha value is -3.14. The van der Waals surface area contributed by atoms with Gasteiger partial charge in [0.1, 0.15) is 11.3 Å². The third-order valence-electron chi connectivity index (χ3n) is 5.54. The van der Waals surface area contributed by atoms with Crippen molar-refractivity contribution in [2.75, 3.05) is 33.9 Å². The van der Waals surface area contributed by atoms with Gasteiger partial charge < -0.3 is 14.4 Å². The van der Waals surface area contributed by atoms with Crippen molar-refractivity contribution < 1.29 is 27.4 Å². The average molecular weight is 448 g/mol. The first kappa shape index (κ1) is 22.1. The van der Waals surface area contributed by atoms with Crippen LogP contribution in [0.1, 0.15) is 28.9 Å². The standard InChI is InChI=1S/C22H23F3N4O3/c1-28-9-5-6-14(12-28)13-32-21(30)16-11-26-29-19(22(23,24)25)10-17(27-20(16)29)15-7-3-4-8-18(15)31-2/h3-4,7-8,10-11,14H,5-6,9,12-13H2,1-2H3. The average Bonchev–Trinajstić information content (AvgIpc) is 3.20. The van der Waals surface area contributed by atoms with Crippen LogP contribution in [0, 0.1) is 5.92 Å². The molecule has 1 aromatic carbocycles. The van der Waals surface area contributed by atoms with E-state index in [0.29, 0.717) is 15.8 Å². The van der Waals surface area contributed by atoms with Gasteiger partial charge in [-0.2, -0.15) is 18.3 Å². The van der Waals surface area contributed by atoms with E-state index >= 15 is 0 Å². The number of piperidine rings is 1. The number of hydrogen-bond acceptors (Lipinski definition) is 6. The van der Waals surface area contributed by atoms with E-state index in [0.717, 1.165) is 38.2 Å². The van der Waals surface area contributed by atoms with E-state index in [9.17, 15) is 18.0 Å². The van der Waals surface area contributed by atoms with Gasteiger partial charge in [0.2, 0.25) is 0 Å². The van der Waals surface area contributed by atoms with E-state index < -0.39 is 17.8 Å². The Morgan fingerprint density at radius 1 is 1.28 bits per heavy atom. The summed E-state index contributed by atoms with van der Waals surface area (Å²) in [5.74, 6) is -0.198. The lowest BCUT2D eigenvalue weighted by Gasteiger charge is -2.29. The van der Waals surface area contributed by atoms with Crippen LogP contribution in [0.4, 0.5) is 13.2 Å². The number of hydrogen-bond donors (Lipinski definition) is 0. The van der Waals surface area contributed by atoms with Gasteiger partial charge in [0.05, 0.1) is 25.6 Å². The van der Waals surface area contributed by atoms with Gasteiger partial charge in [-0.3, -0.25) is 0 Å². The van der Waals surface area contributed by atoms with Crippen molar-refractivity contribution >= 4 is 11.6 Å². The zero-order valence-electron chi connectivity index (χ0n) is 17.7. The fourth-order valence-corrected chi connectivity index (χ4v) is 3.98. The molecule has 1 atom stereocenters. The van der Waals surface area contributed by atoms with Crippen LogP contribution in [0.5, 0.6) is 5.75 Å². The third kappa shape index (κ3) is 4.40. The number of alkyl halides is 3. The van der Waals surface area contributed by atoms with Crippen LogP contribution >= 0.6 is 0 Å². The molecule has 3 heterocycles. The summed E-state index contributed by atoms with van der Waals surface area (Å²) in [4.78, 5) is 19.2. The summed E-state index contributed by atoms with van der Waals surface area (Å²) in [7, 11) is 3.42. The molecule has 7 nitrogen and oxygen atoms in total. The molecule has 0 saturated carbocycles. The van der Waals surface area contributed by atoms with Gasteiger partial charge in [0, 0.05) is 18.0 Å². The summed E-state index contributed by atoms with van der Waals surface area (Å²) in [6, 6.07) is 7.50. The molecule has 170 valence electrons. The maximum absolute atomic E-state index is 13.8. The summed E-state index contributed by atoms with van der Waals surface area (Å²) in [6.07, 6.45) is -1.70. The number of ether oxygens (including phenoxy) is 2. The van der Waals surface area contributed by atoms with Crippen molar-refractivity contribution in [2.45, 2.75) is 19.0 Å². The van der Waals surface area contributed by atoms with Crippen molar-refractivity contribution in [1.82, 2.24) is 19.5 Å². The Bertz CT molecular complexity index is 1130. The Kier molecular flexibility index (Phi) is 6.05. The van der Waals surface area contributed by atoms with Crippen molar-refractivity contribution in [3.05, 3.63) is 47.8 Å². The van der Waals surface area contributed by atoms with Gasteiger partial charge in [-0.15, -0.1) is 0 Å². The molecule has 10 heteroatoms. The predicted octanol–water partition coefficient (Wildman–Crippen LogP) is 3.92. The fraction of sp³-hybridized carbons (Fsp3) is 0.409. The summed E-state index contributed by atoms with van der Waals surface area (Å²) >= 11 is 0. The monoisotopic (exact) mass is 448 g/mol. The van der Waals surface area contributed by atoms with E-state index in [-0.39, 0.29) is 29.4 Å². The Morgan fingerprint density at radius 2 is 2.06 bits per heavy atom. The highest BCUT2D eigenvalue weighted by molar-refractivity contribution is 5.96. The van der Waals surface area contributed by atoms with Crippen molar-refractivity contribution in [3.8, 4) is 17.0 Å². The molecular weight excluding hydrogens is 425 g/mol. The molecule has 1 fully saturated rings. The molecule has 1 aliphatic heterocycles. The number of benzene rings is 1. The third-order valence-corrected chi connectivity index (χ3v) is 5.54. The highest BCUT2D eigenvalue weighted by Crippen LogP contribution is 2.35. The number of para-hydroxylation sites is 1. The summed E-state index contributed by atoms with van der Waals surface area (Å²) < 4.78 is 52.7. The minimum Gasteiger partial charge on any atom is -0.496 e. The maximum Gasteiger partial charge on any atom is 0.433 e. The van der Waals surface area contributed by atoms with Crippen molar-refractivity contribution in [2.24, 2.45) is 5.92 Å². The minimum atomic E-state index is -4.71. The first-order valence-corrected chi connectivity index (χ1v) is 10.2.